The molecule has 0 aliphatic carbocycles. The molecule has 0 aliphatic heterocycles. The molecule has 0 atom stereocenters. The highest BCUT2D eigenvalue weighted by molar-refractivity contribution is 6.06. The Labute approximate surface area is 188 Å². The number of rotatable bonds is 3. The maximum atomic E-state index is 13.0. The van der Waals surface area contributed by atoms with E-state index in [0.717, 1.165) is 12.1 Å². The Hall–Kier alpha value is -3.75. The first-order valence-corrected chi connectivity index (χ1v) is 10.2. The van der Waals surface area contributed by atoms with Gasteiger partial charge in [0.15, 0.2) is 0 Å². The lowest BCUT2D eigenvalue weighted by atomic mass is 9.95. The van der Waals surface area contributed by atoms with E-state index in [2.05, 4.69) is 20.5 Å². The summed E-state index contributed by atoms with van der Waals surface area (Å²) < 4.78 is 40.4. The number of benzene rings is 2. The Balaban J connectivity index is 1.63. The van der Waals surface area contributed by atoms with Gasteiger partial charge in [0.2, 0.25) is 0 Å². The van der Waals surface area contributed by atoms with Crippen LogP contribution in [0.4, 0.5) is 18.9 Å². The number of carbonyl (C=O) groups is 1. The van der Waals surface area contributed by atoms with Crippen LogP contribution in [0.2, 0.25) is 0 Å². The highest BCUT2D eigenvalue weighted by Crippen LogP contribution is 2.32. The number of aromatic nitrogens is 4. The molecule has 0 saturated carbocycles. The van der Waals surface area contributed by atoms with Gasteiger partial charge in [-0.1, -0.05) is 45.0 Å². The van der Waals surface area contributed by atoms with Gasteiger partial charge in [-0.3, -0.25) is 9.20 Å². The number of halogens is 3. The average molecular weight is 453 g/mol. The molecule has 33 heavy (non-hydrogen) atoms. The quantitative estimate of drug-likeness (QED) is 0.434. The molecule has 9 heteroatoms. The highest BCUT2D eigenvalue weighted by Gasteiger charge is 2.30. The summed E-state index contributed by atoms with van der Waals surface area (Å²) in [5.74, 6) is 0.785. The Morgan fingerprint density at radius 3 is 2.33 bits per heavy atom. The van der Waals surface area contributed by atoms with Crippen molar-refractivity contribution in [2.45, 2.75) is 39.3 Å². The monoisotopic (exact) mass is 453 g/mol. The summed E-state index contributed by atoms with van der Waals surface area (Å²) in [6.45, 7) is 7.78. The molecule has 0 spiro atoms. The maximum Gasteiger partial charge on any atom is 0.416 e. The molecule has 1 amide bonds. The summed E-state index contributed by atoms with van der Waals surface area (Å²) in [5.41, 5.74) is 1.82. The van der Waals surface area contributed by atoms with E-state index < -0.39 is 11.7 Å². The van der Waals surface area contributed by atoms with E-state index in [9.17, 15) is 18.0 Å². The van der Waals surface area contributed by atoms with Crippen LogP contribution in [0, 0.1) is 6.92 Å². The third kappa shape index (κ3) is 4.44. The van der Waals surface area contributed by atoms with Crippen molar-refractivity contribution in [1.82, 2.24) is 19.6 Å². The first-order chi connectivity index (χ1) is 15.4. The molecule has 0 radical (unpaired) electrons. The summed E-state index contributed by atoms with van der Waals surface area (Å²) >= 11 is 0. The highest BCUT2D eigenvalue weighted by atomic mass is 19.4. The Bertz CT molecular complexity index is 1340. The van der Waals surface area contributed by atoms with Crippen molar-refractivity contribution in [3.05, 3.63) is 77.4 Å². The zero-order valence-electron chi connectivity index (χ0n) is 18.5. The van der Waals surface area contributed by atoms with Gasteiger partial charge in [0.05, 0.1) is 17.4 Å². The number of nitrogens with zero attached hydrogens (tertiary/aromatic N) is 4. The van der Waals surface area contributed by atoms with E-state index in [0.29, 0.717) is 39.5 Å². The second kappa shape index (κ2) is 7.99. The second-order valence-corrected chi connectivity index (χ2v) is 8.79. The van der Waals surface area contributed by atoms with E-state index in [4.69, 9.17) is 0 Å². The number of hydrogen-bond acceptors (Lipinski definition) is 4. The fourth-order valence-corrected chi connectivity index (χ4v) is 3.60. The number of alkyl halides is 3. The molecule has 0 saturated heterocycles. The first-order valence-electron chi connectivity index (χ1n) is 10.2. The molecular formula is C24H22F3N5O. The van der Waals surface area contributed by atoms with Crippen LogP contribution in [-0.2, 0) is 11.6 Å². The van der Waals surface area contributed by atoms with Crippen molar-refractivity contribution in [1.29, 1.82) is 0 Å². The van der Waals surface area contributed by atoms with Gasteiger partial charge in [-0.25, -0.2) is 4.98 Å². The molecule has 0 aliphatic rings. The van der Waals surface area contributed by atoms with Crippen LogP contribution in [0.25, 0.3) is 16.9 Å². The van der Waals surface area contributed by atoms with E-state index in [1.165, 1.54) is 18.3 Å². The number of fused-ring (bicyclic) bond motifs is 1. The molecule has 0 bridgehead atoms. The molecular weight excluding hydrogens is 431 g/mol. The standard InChI is InChI=1S/C24H22F3N5O/c1-14-18(15-8-10-16(11-9-15)24(25,26)27)6-5-7-19(14)20(33)29-17-12-28-22-31-30-21(23(2,3)4)32(22)13-17/h5-13H,1-4H3,(H,29,33). The minimum absolute atomic E-state index is 0.268. The van der Waals surface area contributed by atoms with Gasteiger partial charge in [-0.15, -0.1) is 10.2 Å². The van der Waals surface area contributed by atoms with Gasteiger partial charge < -0.3 is 5.32 Å². The normalized spacial score (nSPS) is 12.2. The third-order valence-corrected chi connectivity index (χ3v) is 5.30. The van der Waals surface area contributed by atoms with Gasteiger partial charge in [0.25, 0.3) is 11.7 Å². The fraction of sp³-hybridized carbons (Fsp3) is 0.250. The zero-order valence-corrected chi connectivity index (χ0v) is 18.5. The third-order valence-electron chi connectivity index (χ3n) is 5.30. The smallest absolute Gasteiger partial charge is 0.319 e. The van der Waals surface area contributed by atoms with Gasteiger partial charge >= 0.3 is 6.18 Å². The minimum atomic E-state index is -4.40. The molecule has 0 unspecified atom stereocenters. The number of carbonyl (C=O) groups excluding carboxylic acids is 1. The van der Waals surface area contributed by atoms with E-state index in [1.807, 2.05) is 20.8 Å². The fourth-order valence-electron chi connectivity index (χ4n) is 3.60. The van der Waals surface area contributed by atoms with Crippen molar-refractivity contribution in [3.8, 4) is 11.1 Å². The minimum Gasteiger partial charge on any atom is -0.319 e. The topological polar surface area (TPSA) is 72.2 Å². The van der Waals surface area contributed by atoms with Crippen molar-refractivity contribution < 1.29 is 18.0 Å². The van der Waals surface area contributed by atoms with E-state index in [1.54, 1.807) is 35.7 Å². The Kier molecular flexibility index (Phi) is 5.43. The van der Waals surface area contributed by atoms with Gasteiger partial charge in [0.1, 0.15) is 5.82 Å². The average Bonchev–Trinajstić information content (AvgIpc) is 3.17. The Morgan fingerprint density at radius 2 is 1.70 bits per heavy atom. The predicted molar refractivity (Wildman–Crippen MR) is 119 cm³/mol. The van der Waals surface area contributed by atoms with Crippen LogP contribution in [0.5, 0.6) is 0 Å². The Morgan fingerprint density at radius 1 is 1.00 bits per heavy atom. The summed E-state index contributed by atoms with van der Waals surface area (Å²) in [4.78, 5) is 17.3. The van der Waals surface area contributed by atoms with E-state index in [-0.39, 0.29) is 11.3 Å². The zero-order chi connectivity index (χ0) is 24.0. The molecule has 2 aromatic heterocycles. The van der Waals surface area contributed by atoms with Crippen LogP contribution in [-0.4, -0.2) is 25.5 Å². The van der Waals surface area contributed by atoms with Crippen LogP contribution in [0.1, 0.15) is 48.1 Å². The van der Waals surface area contributed by atoms with Gasteiger partial charge in [-0.05, 0) is 41.8 Å². The second-order valence-electron chi connectivity index (χ2n) is 8.79. The lowest BCUT2D eigenvalue weighted by Crippen LogP contribution is -2.17. The molecule has 2 aromatic carbocycles. The summed E-state index contributed by atoms with van der Waals surface area (Å²) in [6, 6.07) is 10.0. The van der Waals surface area contributed by atoms with Crippen LogP contribution in [0.3, 0.4) is 0 Å². The first kappa shape index (κ1) is 22.4. The van der Waals surface area contributed by atoms with Crippen LogP contribution < -0.4 is 5.32 Å². The summed E-state index contributed by atoms with van der Waals surface area (Å²) in [5, 5.41) is 11.1. The molecule has 0 fully saturated rings. The summed E-state index contributed by atoms with van der Waals surface area (Å²) in [6.07, 6.45) is -1.18. The lowest BCUT2D eigenvalue weighted by molar-refractivity contribution is -0.137. The molecule has 1 N–H and O–H groups in total. The molecule has 6 nitrogen and oxygen atoms in total. The largest absolute Gasteiger partial charge is 0.416 e. The lowest BCUT2D eigenvalue weighted by Gasteiger charge is -2.16. The van der Waals surface area contributed by atoms with Crippen molar-refractivity contribution in [3.63, 3.8) is 0 Å². The predicted octanol–water partition coefficient (Wildman–Crippen LogP) is 5.67. The number of amides is 1. The number of hydrogen-bond donors (Lipinski definition) is 1. The molecule has 4 aromatic rings. The number of anilines is 1. The van der Waals surface area contributed by atoms with Crippen LogP contribution >= 0.6 is 0 Å². The van der Waals surface area contributed by atoms with Gasteiger partial charge in [-0.2, -0.15) is 13.2 Å². The van der Waals surface area contributed by atoms with Crippen molar-refractivity contribution >= 4 is 17.4 Å². The van der Waals surface area contributed by atoms with Gasteiger partial charge in [0, 0.05) is 17.2 Å². The van der Waals surface area contributed by atoms with Crippen molar-refractivity contribution in [2.24, 2.45) is 0 Å². The maximum absolute atomic E-state index is 13.0. The SMILES string of the molecule is Cc1c(C(=O)Nc2cnc3nnc(C(C)(C)C)n3c2)cccc1-c1ccc(C(F)(F)F)cc1. The van der Waals surface area contributed by atoms with E-state index >= 15 is 0 Å². The molecule has 2 heterocycles. The van der Waals surface area contributed by atoms with Crippen molar-refractivity contribution in [2.75, 3.05) is 5.32 Å². The number of nitrogens with one attached hydrogen (secondary N) is 1. The molecule has 4 rings (SSSR count). The van der Waals surface area contributed by atoms with Crippen LogP contribution in [0.15, 0.2) is 54.9 Å². The molecule has 170 valence electrons. The summed E-state index contributed by atoms with van der Waals surface area (Å²) in [7, 11) is 0.